The van der Waals surface area contributed by atoms with Crippen LogP contribution in [0.15, 0.2) is 70.1 Å². The van der Waals surface area contributed by atoms with E-state index in [9.17, 15) is 18.8 Å². The summed E-state index contributed by atoms with van der Waals surface area (Å²) in [7, 11) is -4.19. The van der Waals surface area contributed by atoms with Crippen LogP contribution in [-0.2, 0) is 10.0 Å². The van der Waals surface area contributed by atoms with Gasteiger partial charge in [-0.15, -0.1) is 5.10 Å². The molecule has 2 aromatic carbocycles. The van der Waals surface area contributed by atoms with Crippen LogP contribution in [0, 0.1) is 16.7 Å². The number of pyridine rings is 1. The van der Waals surface area contributed by atoms with Crippen molar-refractivity contribution in [3.8, 4) is 22.9 Å². The highest BCUT2D eigenvalue weighted by atomic mass is 32.2. The summed E-state index contributed by atoms with van der Waals surface area (Å²) in [6.07, 6.45) is 1.45. The van der Waals surface area contributed by atoms with Gasteiger partial charge in [-0.25, -0.2) is 8.42 Å². The zero-order chi connectivity index (χ0) is 23.2. The molecule has 0 bridgehead atoms. The van der Waals surface area contributed by atoms with Gasteiger partial charge in [-0.05, 0) is 29.8 Å². The zero-order valence-corrected chi connectivity index (χ0v) is 17.5. The first-order valence-electron chi connectivity index (χ1n) is 9.55. The lowest BCUT2D eigenvalue weighted by Gasteiger charge is -2.11. The van der Waals surface area contributed by atoms with Crippen LogP contribution in [-0.4, -0.2) is 28.7 Å². The molecular formula is C22H14N6O4S. The number of hydrogen-bond donors (Lipinski definition) is 4. The van der Waals surface area contributed by atoms with Crippen molar-refractivity contribution in [1.29, 1.82) is 10.7 Å². The van der Waals surface area contributed by atoms with Crippen molar-refractivity contribution in [3.63, 3.8) is 0 Å². The standard InChI is InChI=1S/C22H14N6O4S/c23-11-14-17(12-5-2-1-3-6-12)18-21(26-27-22(18)32-20(14)24)28-33(30,31)16-9-8-15(29)19-13(16)7-4-10-25-19/h1-10,24,29H,(H2,26,27,28). The molecule has 0 radical (unpaired) electrons. The van der Waals surface area contributed by atoms with Gasteiger partial charge >= 0.3 is 0 Å². The number of benzene rings is 2. The monoisotopic (exact) mass is 458 g/mol. The van der Waals surface area contributed by atoms with Crippen LogP contribution in [0.4, 0.5) is 5.82 Å². The van der Waals surface area contributed by atoms with Crippen molar-refractivity contribution in [2.24, 2.45) is 0 Å². The number of sulfonamides is 1. The Balaban J connectivity index is 1.74. The van der Waals surface area contributed by atoms with E-state index in [0.29, 0.717) is 11.1 Å². The summed E-state index contributed by atoms with van der Waals surface area (Å²) in [5.74, 6) is -0.183. The second-order valence-corrected chi connectivity index (χ2v) is 8.68. The molecule has 0 fully saturated rings. The minimum Gasteiger partial charge on any atom is -0.506 e. The molecule has 11 heteroatoms. The molecule has 0 saturated carbocycles. The highest BCUT2D eigenvalue weighted by molar-refractivity contribution is 7.93. The molecule has 0 amide bonds. The number of phenolic OH excluding ortho intramolecular Hbond substituents is 1. The molecule has 3 aromatic heterocycles. The van der Waals surface area contributed by atoms with Gasteiger partial charge in [-0.2, -0.15) is 5.26 Å². The van der Waals surface area contributed by atoms with E-state index in [1.807, 2.05) is 6.07 Å². The first kappa shape index (κ1) is 20.2. The predicted octanol–water partition coefficient (Wildman–Crippen LogP) is 3.23. The number of phenols is 1. The number of fused-ring (bicyclic) bond motifs is 2. The lowest BCUT2D eigenvalue weighted by molar-refractivity contribution is 0.480. The van der Waals surface area contributed by atoms with Crippen LogP contribution >= 0.6 is 0 Å². The fourth-order valence-electron chi connectivity index (χ4n) is 3.65. The van der Waals surface area contributed by atoms with E-state index in [2.05, 4.69) is 19.9 Å². The summed E-state index contributed by atoms with van der Waals surface area (Å²) in [4.78, 5) is 3.94. The van der Waals surface area contributed by atoms with E-state index in [0.717, 1.165) is 0 Å². The summed E-state index contributed by atoms with van der Waals surface area (Å²) < 4.78 is 34.5. The van der Waals surface area contributed by atoms with Gasteiger partial charge in [0.1, 0.15) is 28.7 Å². The Morgan fingerprint density at radius 2 is 1.91 bits per heavy atom. The number of H-pyrrole nitrogens is 1. The maximum Gasteiger partial charge on any atom is 0.263 e. The molecule has 10 nitrogen and oxygen atoms in total. The molecule has 0 saturated heterocycles. The maximum absolute atomic E-state index is 13.3. The average Bonchev–Trinajstić information content (AvgIpc) is 3.20. The van der Waals surface area contributed by atoms with Gasteiger partial charge in [-0.3, -0.25) is 20.2 Å². The van der Waals surface area contributed by atoms with Crippen LogP contribution < -0.4 is 10.3 Å². The Hall–Kier alpha value is -4.69. The molecule has 0 atom stereocenters. The molecule has 0 spiro atoms. The zero-order valence-electron chi connectivity index (χ0n) is 16.7. The number of nitrogens with one attached hydrogen (secondary N) is 3. The van der Waals surface area contributed by atoms with Crippen LogP contribution in [0.1, 0.15) is 5.56 Å². The predicted molar refractivity (Wildman–Crippen MR) is 119 cm³/mol. The highest BCUT2D eigenvalue weighted by Crippen LogP contribution is 2.35. The number of nitrogens with zero attached hydrogens (tertiary/aromatic N) is 3. The molecule has 0 aliphatic heterocycles. The molecule has 5 rings (SSSR count). The molecular weight excluding hydrogens is 444 g/mol. The van der Waals surface area contributed by atoms with Crippen molar-refractivity contribution < 1.29 is 17.9 Å². The fraction of sp³-hybridized carbons (Fsp3) is 0. The smallest absolute Gasteiger partial charge is 0.263 e. The third kappa shape index (κ3) is 3.26. The topological polar surface area (TPSA) is 169 Å². The van der Waals surface area contributed by atoms with Gasteiger partial charge in [0.2, 0.25) is 11.3 Å². The van der Waals surface area contributed by atoms with E-state index in [1.165, 1.54) is 24.4 Å². The van der Waals surface area contributed by atoms with Crippen molar-refractivity contribution in [2.75, 3.05) is 4.72 Å². The van der Waals surface area contributed by atoms with Crippen LogP contribution in [0.3, 0.4) is 0 Å². The first-order chi connectivity index (χ1) is 15.9. The highest BCUT2D eigenvalue weighted by Gasteiger charge is 2.25. The van der Waals surface area contributed by atoms with Crippen molar-refractivity contribution in [1.82, 2.24) is 15.2 Å². The lowest BCUT2D eigenvalue weighted by atomic mass is 9.99. The first-order valence-corrected chi connectivity index (χ1v) is 11.0. The molecule has 3 heterocycles. The third-order valence-electron chi connectivity index (χ3n) is 5.07. The minimum absolute atomic E-state index is 0.0331. The third-order valence-corrected chi connectivity index (χ3v) is 6.48. The van der Waals surface area contributed by atoms with Crippen LogP contribution in [0.2, 0.25) is 0 Å². The molecule has 33 heavy (non-hydrogen) atoms. The Labute approximate surface area is 186 Å². The summed E-state index contributed by atoms with van der Waals surface area (Å²) in [6, 6.07) is 16.4. The normalized spacial score (nSPS) is 11.5. The van der Waals surface area contributed by atoms with Crippen LogP contribution in [0.5, 0.6) is 5.75 Å². The Morgan fingerprint density at radius 3 is 2.67 bits per heavy atom. The average molecular weight is 458 g/mol. The Morgan fingerprint density at radius 1 is 1.12 bits per heavy atom. The molecule has 4 N–H and O–H groups in total. The summed E-state index contributed by atoms with van der Waals surface area (Å²) in [5, 5.41) is 34.8. The Kier molecular flexibility index (Phi) is 4.58. The molecule has 162 valence electrons. The number of aromatic nitrogens is 3. The van der Waals surface area contributed by atoms with Crippen molar-refractivity contribution in [3.05, 3.63) is 71.9 Å². The van der Waals surface area contributed by atoms with Gasteiger partial charge in [0.15, 0.2) is 0 Å². The second-order valence-electron chi connectivity index (χ2n) is 7.03. The van der Waals surface area contributed by atoms with Gasteiger partial charge in [-0.1, -0.05) is 30.3 Å². The Bertz CT molecular complexity index is 1750. The molecule has 0 aliphatic carbocycles. The van der Waals surface area contributed by atoms with E-state index in [4.69, 9.17) is 9.83 Å². The SMILES string of the molecule is N#Cc1c(-c2ccccc2)c2c(NS(=O)(=O)c3ccc(O)c4ncccc34)[nH]nc2oc1=N. The number of aromatic amines is 1. The quantitative estimate of drug-likeness (QED) is 0.320. The fourth-order valence-corrected chi connectivity index (χ4v) is 4.87. The van der Waals surface area contributed by atoms with Crippen molar-refractivity contribution >= 4 is 37.8 Å². The summed E-state index contributed by atoms with van der Waals surface area (Å²) in [6.45, 7) is 0. The van der Waals surface area contributed by atoms with E-state index in [-0.39, 0.29) is 49.6 Å². The van der Waals surface area contributed by atoms with E-state index >= 15 is 0 Å². The van der Waals surface area contributed by atoms with Gasteiger partial charge in [0, 0.05) is 17.1 Å². The number of hydrogen-bond acceptors (Lipinski definition) is 8. The van der Waals surface area contributed by atoms with Crippen molar-refractivity contribution in [2.45, 2.75) is 4.90 Å². The second kappa shape index (κ2) is 7.47. The molecule has 0 unspecified atom stereocenters. The number of rotatable bonds is 4. The number of aromatic hydroxyl groups is 1. The number of nitriles is 1. The summed E-state index contributed by atoms with van der Waals surface area (Å²) >= 11 is 0. The summed E-state index contributed by atoms with van der Waals surface area (Å²) in [5.41, 5.74) is 0.556. The number of anilines is 1. The van der Waals surface area contributed by atoms with E-state index in [1.54, 1.807) is 36.4 Å². The molecule has 5 aromatic rings. The minimum atomic E-state index is -4.19. The largest absolute Gasteiger partial charge is 0.506 e. The van der Waals surface area contributed by atoms with Crippen LogP contribution in [0.25, 0.3) is 33.1 Å². The van der Waals surface area contributed by atoms with E-state index < -0.39 is 10.0 Å². The van der Waals surface area contributed by atoms with Gasteiger partial charge in [0.25, 0.3) is 10.0 Å². The maximum atomic E-state index is 13.3. The van der Waals surface area contributed by atoms with Gasteiger partial charge < -0.3 is 9.52 Å². The molecule has 0 aliphatic rings. The lowest BCUT2D eigenvalue weighted by Crippen LogP contribution is -2.14. The van der Waals surface area contributed by atoms with Gasteiger partial charge in [0.05, 0.1) is 10.3 Å².